The lowest BCUT2D eigenvalue weighted by atomic mass is 10.3. The smallest absolute Gasteiger partial charge is 0.339 e. The van der Waals surface area contributed by atoms with Gasteiger partial charge in [0.25, 0.3) is 5.56 Å². The van der Waals surface area contributed by atoms with Crippen molar-refractivity contribution in [2.75, 3.05) is 6.54 Å². The van der Waals surface area contributed by atoms with E-state index in [1.54, 1.807) is 0 Å². The van der Waals surface area contributed by atoms with Crippen LogP contribution >= 0.6 is 0 Å². The largest absolute Gasteiger partial charge is 0.406 e. The highest BCUT2D eigenvalue weighted by molar-refractivity contribution is 5.77. The minimum atomic E-state index is -4.58. The van der Waals surface area contributed by atoms with Crippen LogP contribution < -0.4 is 11.2 Å². The number of halogens is 3. The first-order valence-electron chi connectivity index (χ1n) is 8.09. The summed E-state index contributed by atoms with van der Waals surface area (Å²) in [5.41, 5.74) is -1.39. The van der Waals surface area contributed by atoms with Crippen LogP contribution in [0, 0.1) is 0 Å². The molecule has 0 spiro atoms. The fourth-order valence-corrected chi connectivity index (χ4v) is 2.65. The van der Waals surface area contributed by atoms with Crippen molar-refractivity contribution in [1.29, 1.82) is 0 Å². The number of nitrogens with zero attached hydrogens (tertiary/aromatic N) is 4. The Kier molecular flexibility index (Phi) is 5.57. The molecule has 0 unspecified atom stereocenters. The van der Waals surface area contributed by atoms with E-state index >= 15 is 0 Å². The van der Waals surface area contributed by atoms with Gasteiger partial charge in [-0.05, 0) is 20.3 Å². The van der Waals surface area contributed by atoms with Crippen molar-refractivity contribution in [2.45, 2.75) is 52.5 Å². The Morgan fingerprint density at radius 3 is 2.50 bits per heavy atom. The molecule has 0 saturated carbocycles. The van der Waals surface area contributed by atoms with Gasteiger partial charge >= 0.3 is 11.9 Å². The van der Waals surface area contributed by atoms with Crippen LogP contribution in [0.15, 0.2) is 15.9 Å². The SMILES string of the molecule is CCCn1c(=O)n(CC(=O)N(CC(F)(F)F)C(C)C)c(=O)c2[nH]cnc21. The standard InChI is InChI=1S/C15H20F3N5O3/c1-4-5-21-12-11(19-8-20-12)13(25)22(14(21)26)6-10(24)23(9(2)3)7-15(16,17)18/h8-9H,4-7H2,1-3H3,(H,19,20). The van der Waals surface area contributed by atoms with Crippen LogP contribution in [0.3, 0.4) is 0 Å². The van der Waals surface area contributed by atoms with E-state index in [1.165, 1.54) is 24.7 Å². The zero-order valence-electron chi connectivity index (χ0n) is 14.6. The molecule has 2 aromatic heterocycles. The maximum atomic E-state index is 12.7. The molecule has 0 saturated heterocycles. The van der Waals surface area contributed by atoms with Crippen molar-refractivity contribution in [3.63, 3.8) is 0 Å². The summed E-state index contributed by atoms with van der Waals surface area (Å²) in [5.74, 6) is -0.960. The zero-order chi connectivity index (χ0) is 19.6. The molecule has 0 aliphatic heterocycles. The van der Waals surface area contributed by atoms with Crippen LogP contribution in [0.2, 0.25) is 0 Å². The molecular weight excluding hydrogens is 355 g/mol. The number of imidazole rings is 1. The Labute approximate surface area is 146 Å². The Morgan fingerprint density at radius 1 is 1.31 bits per heavy atom. The molecular formula is C15H20F3N5O3. The number of carbonyl (C=O) groups excluding carboxylic acids is 1. The maximum Gasteiger partial charge on any atom is 0.406 e. The van der Waals surface area contributed by atoms with Crippen molar-refractivity contribution in [3.05, 3.63) is 27.2 Å². The van der Waals surface area contributed by atoms with E-state index < -0.39 is 42.5 Å². The Bertz CT molecular complexity index is 910. The van der Waals surface area contributed by atoms with Crippen LogP contribution in [0.4, 0.5) is 13.2 Å². The lowest BCUT2D eigenvalue weighted by molar-refractivity contribution is -0.165. The van der Waals surface area contributed by atoms with E-state index in [0.717, 1.165) is 0 Å². The number of fused-ring (bicyclic) bond motifs is 1. The lowest BCUT2D eigenvalue weighted by Crippen LogP contribution is -2.49. The van der Waals surface area contributed by atoms with E-state index in [4.69, 9.17) is 0 Å². The molecule has 0 aliphatic carbocycles. The zero-order valence-corrected chi connectivity index (χ0v) is 14.6. The summed E-state index contributed by atoms with van der Waals surface area (Å²) in [7, 11) is 0. The second kappa shape index (κ2) is 7.34. The number of carbonyl (C=O) groups is 1. The molecule has 144 valence electrons. The number of aromatic nitrogens is 4. The number of nitrogens with one attached hydrogen (secondary N) is 1. The average Bonchev–Trinajstić information content (AvgIpc) is 3.01. The number of aromatic amines is 1. The van der Waals surface area contributed by atoms with E-state index in [9.17, 15) is 27.6 Å². The summed E-state index contributed by atoms with van der Waals surface area (Å²) in [6.45, 7) is 2.71. The number of alkyl halides is 3. The third kappa shape index (κ3) is 3.97. The van der Waals surface area contributed by atoms with E-state index in [0.29, 0.717) is 15.9 Å². The number of amides is 1. The van der Waals surface area contributed by atoms with Gasteiger partial charge < -0.3 is 9.88 Å². The van der Waals surface area contributed by atoms with Gasteiger partial charge in [0.15, 0.2) is 5.65 Å². The molecule has 26 heavy (non-hydrogen) atoms. The molecule has 8 nitrogen and oxygen atoms in total. The lowest BCUT2D eigenvalue weighted by Gasteiger charge is -2.28. The summed E-state index contributed by atoms with van der Waals surface area (Å²) >= 11 is 0. The number of hydrogen-bond acceptors (Lipinski definition) is 4. The molecule has 0 fully saturated rings. The van der Waals surface area contributed by atoms with Gasteiger partial charge in [-0.25, -0.2) is 14.3 Å². The third-order valence-electron chi connectivity index (χ3n) is 3.83. The summed E-state index contributed by atoms with van der Waals surface area (Å²) < 4.78 is 40.0. The molecule has 2 aromatic rings. The van der Waals surface area contributed by atoms with Crippen molar-refractivity contribution in [3.8, 4) is 0 Å². The van der Waals surface area contributed by atoms with Gasteiger partial charge in [-0.3, -0.25) is 14.2 Å². The Morgan fingerprint density at radius 2 is 1.96 bits per heavy atom. The Balaban J connectivity index is 2.48. The molecule has 0 atom stereocenters. The summed E-state index contributed by atoms with van der Waals surface area (Å²) in [5, 5.41) is 0. The number of aryl methyl sites for hydroxylation is 1. The molecule has 0 bridgehead atoms. The van der Waals surface area contributed by atoms with Gasteiger partial charge in [0.1, 0.15) is 18.6 Å². The van der Waals surface area contributed by atoms with Crippen molar-refractivity contribution >= 4 is 17.1 Å². The van der Waals surface area contributed by atoms with Crippen molar-refractivity contribution in [2.24, 2.45) is 0 Å². The highest BCUT2D eigenvalue weighted by Crippen LogP contribution is 2.18. The predicted molar refractivity (Wildman–Crippen MR) is 87.8 cm³/mol. The first kappa shape index (κ1) is 19.7. The molecule has 0 aromatic carbocycles. The van der Waals surface area contributed by atoms with Crippen LogP contribution in [0.1, 0.15) is 27.2 Å². The molecule has 0 radical (unpaired) electrons. The normalized spacial score (nSPS) is 12.1. The minimum Gasteiger partial charge on any atom is -0.339 e. The van der Waals surface area contributed by atoms with E-state index in [-0.39, 0.29) is 17.7 Å². The van der Waals surface area contributed by atoms with Gasteiger partial charge in [-0.1, -0.05) is 6.92 Å². The van der Waals surface area contributed by atoms with Crippen LogP contribution in [0.5, 0.6) is 0 Å². The molecule has 0 aliphatic rings. The predicted octanol–water partition coefficient (Wildman–Crippen LogP) is 1.10. The second-order valence-corrected chi connectivity index (χ2v) is 6.16. The Hall–Kier alpha value is -2.59. The summed E-state index contributed by atoms with van der Waals surface area (Å²) in [6, 6.07) is -0.742. The summed E-state index contributed by atoms with van der Waals surface area (Å²) in [6.07, 6.45) is -2.77. The van der Waals surface area contributed by atoms with Gasteiger partial charge in [0.2, 0.25) is 5.91 Å². The van der Waals surface area contributed by atoms with Crippen LogP contribution in [-0.4, -0.2) is 48.7 Å². The van der Waals surface area contributed by atoms with Gasteiger partial charge in [-0.15, -0.1) is 0 Å². The van der Waals surface area contributed by atoms with Gasteiger partial charge in [0, 0.05) is 12.6 Å². The van der Waals surface area contributed by atoms with Crippen LogP contribution in [-0.2, 0) is 17.9 Å². The molecule has 11 heteroatoms. The average molecular weight is 375 g/mol. The first-order valence-corrected chi connectivity index (χ1v) is 8.09. The van der Waals surface area contributed by atoms with Gasteiger partial charge in [0.05, 0.1) is 6.33 Å². The van der Waals surface area contributed by atoms with Crippen molar-refractivity contribution in [1.82, 2.24) is 24.0 Å². The first-order chi connectivity index (χ1) is 12.1. The third-order valence-corrected chi connectivity index (χ3v) is 3.83. The van der Waals surface area contributed by atoms with Gasteiger partial charge in [-0.2, -0.15) is 13.2 Å². The number of H-pyrrole nitrogens is 1. The maximum absolute atomic E-state index is 12.7. The van der Waals surface area contributed by atoms with Crippen molar-refractivity contribution < 1.29 is 18.0 Å². The summed E-state index contributed by atoms with van der Waals surface area (Å²) in [4.78, 5) is 44.6. The molecule has 1 N–H and O–H groups in total. The monoisotopic (exact) mass is 375 g/mol. The highest BCUT2D eigenvalue weighted by Gasteiger charge is 2.34. The number of rotatable bonds is 6. The molecule has 1 amide bonds. The van der Waals surface area contributed by atoms with E-state index in [1.807, 2.05) is 6.92 Å². The topological polar surface area (TPSA) is 93.0 Å². The fourth-order valence-electron chi connectivity index (χ4n) is 2.65. The van der Waals surface area contributed by atoms with Crippen LogP contribution in [0.25, 0.3) is 11.2 Å². The fraction of sp³-hybridized carbons (Fsp3) is 0.600. The number of hydrogen-bond donors (Lipinski definition) is 1. The van der Waals surface area contributed by atoms with E-state index in [2.05, 4.69) is 9.97 Å². The second-order valence-electron chi connectivity index (χ2n) is 6.16. The quantitative estimate of drug-likeness (QED) is 0.818. The highest BCUT2D eigenvalue weighted by atomic mass is 19.4. The minimum absolute atomic E-state index is 0.0257. The molecule has 2 rings (SSSR count). The molecule has 2 heterocycles.